The molecule has 0 aromatic rings. The summed E-state index contributed by atoms with van der Waals surface area (Å²) in [5, 5.41) is 13.3. The molecule has 0 aliphatic carbocycles. The van der Waals surface area contributed by atoms with Gasteiger partial charge in [-0.25, -0.2) is 0 Å². The van der Waals surface area contributed by atoms with E-state index in [0.29, 0.717) is 0 Å². The Hall–Kier alpha value is -0.0800. The maximum Gasteiger partial charge on any atom is -0.0145 e. The Morgan fingerprint density at radius 1 is 0.412 bits per heavy atom. The van der Waals surface area contributed by atoms with Gasteiger partial charge in [-0.2, -0.15) is 0 Å². The van der Waals surface area contributed by atoms with Crippen molar-refractivity contribution in [3.8, 4) is 0 Å². The summed E-state index contributed by atoms with van der Waals surface area (Å²) in [6, 6.07) is 0. The fourth-order valence-corrected chi connectivity index (χ4v) is 5.03. The molecule has 0 fully saturated rings. The Balaban J connectivity index is 3.14. The summed E-state index contributed by atoms with van der Waals surface area (Å²) in [6.07, 6.45) is 35.7. The van der Waals surface area contributed by atoms with Crippen LogP contribution in [0.15, 0.2) is 0 Å². The van der Waals surface area contributed by atoms with Gasteiger partial charge in [-0.15, -0.1) is 0 Å². The number of unbranched alkanes of at least 4 members (excludes halogenated alkanes) is 23. The van der Waals surface area contributed by atoms with Crippen LogP contribution < -0.4 is 0 Å². The van der Waals surface area contributed by atoms with Crippen molar-refractivity contribution in [2.24, 2.45) is 5.92 Å². The van der Waals surface area contributed by atoms with Crippen molar-refractivity contribution in [1.82, 2.24) is 5.06 Å². The van der Waals surface area contributed by atoms with Gasteiger partial charge in [0.05, 0.1) is 0 Å². The largest absolute Gasteiger partial charge is 0.785 e. The molecule has 0 heterocycles. The second-order valence-corrected chi connectivity index (χ2v) is 11.6. The van der Waals surface area contributed by atoms with Gasteiger partial charge in [-0.1, -0.05) is 175 Å². The van der Waals surface area contributed by atoms with E-state index in [4.69, 9.17) is 0 Å². The zero-order chi connectivity index (χ0) is 25.0. The zero-order valence-electron chi connectivity index (χ0n) is 24.2. The van der Waals surface area contributed by atoms with Gasteiger partial charge in [-0.3, -0.25) is 0 Å². The molecule has 0 radical (unpaired) electrons. The van der Waals surface area contributed by atoms with E-state index in [9.17, 15) is 5.21 Å². The molecule has 0 unspecified atom stereocenters. The molecular weight excluding hydrogens is 414 g/mol. The standard InChI is InChI=1S/C32H66NO/c1-4-5-6-7-8-9-10-11-12-15-18-21-24-27-30-33(34)31-28-25-22-19-16-13-14-17-20-23-26-29-32(2)3/h32H,4-31H2,1-3H3/q-1. The van der Waals surface area contributed by atoms with Crippen molar-refractivity contribution in [3.05, 3.63) is 5.21 Å². The third-order valence-electron chi connectivity index (χ3n) is 7.45. The fraction of sp³-hybridized carbons (Fsp3) is 1.00. The summed E-state index contributed by atoms with van der Waals surface area (Å²) in [4.78, 5) is 0. The molecule has 206 valence electrons. The molecule has 2 nitrogen and oxygen atoms in total. The van der Waals surface area contributed by atoms with Crippen LogP contribution in [0.2, 0.25) is 0 Å². The van der Waals surface area contributed by atoms with E-state index in [1.807, 2.05) is 0 Å². The summed E-state index contributed by atoms with van der Waals surface area (Å²) in [5.41, 5.74) is 0. The van der Waals surface area contributed by atoms with Gasteiger partial charge in [0.25, 0.3) is 0 Å². The summed E-state index contributed by atoms with van der Waals surface area (Å²) >= 11 is 0. The number of rotatable bonds is 29. The predicted molar refractivity (Wildman–Crippen MR) is 155 cm³/mol. The fourth-order valence-electron chi connectivity index (χ4n) is 5.03. The summed E-state index contributed by atoms with van der Waals surface area (Å²) in [6.45, 7) is 8.47. The van der Waals surface area contributed by atoms with Crippen LogP contribution in [0.5, 0.6) is 0 Å². The summed E-state index contributed by atoms with van der Waals surface area (Å²) < 4.78 is 0. The van der Waals surface area contributed by atoms with Crippen LogP contribution >= 0.6 is 0 Å². The minimum atomic E-state index is 0.759. The van der Waals surface area contributed by atoms with Crippen LogP contribution in [-0.4, -0.2) is 18.2 Å². The molecule has 0 saturated carbocycles. The quantitative estimate of drug-likeness (QED) is 0.0785. The van der Waals surface area contributed by atoms with Crippen molar-refractivity contribution in [2.45, 2.75) is 188 Å². The molecular formula is C32H66NO-. The SMILES string of the molecule is CCCCCCCCCCCCCCCCN([O-])CCCCCCCCCCCCCC(C)C. The maximum absolute atomic E-state index is 12.0. The van der Waals surface area contributed by atoms with Gasteiger partial charge in [0, 0.05) is 0 Å². The topological polar surface area (TPSA) is 26.3 Å². The molecule has 34 heavy (non-hydrogen) atoms. The van der Waals surface area contributed by atoms with E-state index in [1.54, 1.807) is 0 Å². The third kappa shape index (κ3) is 30.0. The lowest BCUT2D eigenvalue weighted by Gasteiger charge is -2.28. The van der Waals surface area contributed by atoms with Crippen LogP contribution in [0.25, 0.3) is 0 Å². The highest BCUT2D eigenvalue weighted by Gasteiger charge is 1.98. The van der Waals surface area contributed by atoms with Gasteiger partial charge in [0.15, 0.2) is 0 Å². The molecule has 0 aromatic heterocycles. The Morgan fingerprint density at radius 3 is 0.971 bits per heavy atom. The molecule has 0 aliphatic heterocycles. The van der Waals surface area contributed by atoms with Crippen molar-refractivity contribution in [3.63, 3.8) is 0 Å². The second kappa shape index (κ2) is 29.2. The van der Waals surface area contributed by atoms with E-state index < -0.39 is 0 Å². The molecule has 0 amide bonds. The average Bonchev–Trinajstić information content (AvgIpc) is 2.82. The van der Waals surface area contributed by atoms with Crippen molar-refractivity contribution in [2.75, 3.05) is 13.1 Å². The van der Waals surface area contributed by atoms with Crippen LogP contribution in [0.1, 0.15) is 188 Å². The van der Waals surface area contributed by atoms with Gasteiger partial charge in [0.2, 0.25) is 0 Å². The van der Waals surface area contributed by atoms with E-state index in [0.717, 1.165) is 31.8 Å². The lowest BCUT2D eigenvalue weighted by atomic mass is 10.0. The summed E-state index contributed by atoms with van der Waals surface area (Å²) in [7, 11) is 0. The van der Waals surface area contributed by atoms with Crippen LogP contribution in [-0.2, 0) is 0 Å². The molecule has 0 aliphatic rings. The second-order valence-electron chi connectivity index (χ2n) is 11.6. The highest BCUT2D eigenvalue weighted by molar-refractivity contribution is 4.59. The molecule has 0 rings (SSSR count). The predicted octanol–water partition coefficient (Wildman–Crippen LogP) is 11.6. The molecule has 0 N–H and O–H groups in total. The minimum absolute atomic E-state index is 0.759. The average molecular weight is 481 g/mol. The smallest absolute Gasteiger partial charge is 0.0145 e. The van der Waals surface area contributed by atoms with Gasteiger partial charge in [-0.05, 0) is 31.8 Å². The van der Waals surface area contributed by atoms with E-state index >= 15 is 0 Å². The number of hydroxylamine groups is 2. The van der Waals surface area contributed by atoms with Crippen molar-refractivity contribution in [1.29, 1.82) is 0 Å². The van der Waals surface area contributed by atoms with Crippen LogP contribution in [0.3, 0.4) is 0 Å². The molecule has 0 bridgehead atoms. The highest BCUT2D eigenvalue weighted by Crippen LogP contribution is 2.15. The highest BCUT2D eigenvalue weighted by atomic mass is 16.5. The van der Waals surface area contributed by atoms with Crippen LogP contribution in [0.4, 0.5) is 0 Å². The Labute approximate surface area is 217 Å². The third-order valence-corrected chi connectivity index (χ3v) is 7.45. The summed E-state index contributed by atoms with van der Waals surface area (Å²) in [5.74, 6) is 0.873. The Kier molecular flexibility index (Phi) is 29.1. The van der Waals surface area contributed by atoms with Gasteiger partial charge in [0.1, 0.15) is 0 Å². The number of hydrogen-bond acceptors (Lipinski definition) is 2. The first kappa shape index (κ1) is 33.9. The molecule has 2 heteroatoms. The molecule has 0 spiro atoms. The Bertz CT molecular complexity index is 357. The van der Waals surface area contributed by atoms with Crippen LogP contribution in [0, 0.1) is 11.1 Å². The van der Waals surface area contributed by atoms with E-state index in [1.165, 1.54) is 159 Å². The Morgan fingerprint density at radius 2 is 0.676 bits per heavy atom. The van der Waals surface area contributed by atoms with E-state index in [2.05, 4.69) is 20.8 Å². The van der Waals surface area contributed by atoms with Crippen molar-refractivity contribution < 1.29 is 0 Å². The van der Waals surface area contributed by atoms with Crippen molar-refractivity contribution >= 4 is 0 Å². The first-order valence-corrected chi connectivity index (χ1v) is 16.1. The lowest BCUT2D eigenvalue weighted by molar-refractivity contribution is 0.350. The first-order valence-electron chi connectivity index (χ1n) is 16.1. The number of nitrogens with zero attached hydrogens (tertiary/aromatic N) is 1. The monoisotopic (exact) mass is 481 g/mol. The lowest BCUT2D eigenvalue weighted by Crippen LogP contribution is -2.18. The van der Waals surface area contributed by atoms with E-state index in [-0.39, 0.29) is 0 Å². The number of hydrogen-bond donors (Lipinski definition) is 0. The van der Waals surface area contributed by atoms with Gasteiger partial charge < -0.3 is 10.3 Å². The normalized spacial score (nSPS) is 11.8. The minimum Gasteiger partial charge on any atom is -0.785 e. The molecule has 0 saturated heterocycles. The molecule has 0 aromatic carbocycles. The first-order chi connectivity index (χ1) is 16.7. The maximum atomic E-state index is 12.0. The van der Waals surface area contributed by atoms with Gasteiger partial charge >= 0.3 is 0 Å². The zero-order valence-corrected chi connectivity index (χ0v) is 24.2. The molecule has 0 atom stereocenters.